The Hall–Kier alpha value is -0.0800. The first-order valence-electron chi connectivity index (χ1n) is 5.76. The van der Waals surface area contributed by atoms with Crippen molar-refractivity contribution in [3.63, 3.8) is 0 Å². The molecule has 0 radical (unpaired) electrons. The Kier molecular flexibility index (Phi) is 4.74. The van der Waals surface area contributed by atoms with Crippen LogP contribution in [0.25, 0.3) is 0 Å². The van der Waals surface area contributed by atoms with E-state index in [1.54, 1.807) is 0 Å². The predicted molar refractivity (Wildman–Crippen MR) is 56.0 cm³/mol. The molecule has 2 aliphatic rings. The van der Waals surface area contributed by atoms with Gasteiger partial charge in [0.1, 0.15) is 0 Å². The summed E-state index contributed by atoms with van der Waals surface area (Å²) in [5, 5.41) is 0. The van der Waals surface area contributed by atoms with Gasteiger partial charge in [0.15, 0.2) is 0 Å². The summed E-state index contributed by atoms with van der Waals surface area (Å²) in [6, 6.07) is 0. The molecule has 0 saturated carbocycles. The molecule has 2 bridgehead atoms. The van der Waals surface area contributed by atoms with Crippen LogP contribution in [-0.2, 0) is 4.74 Å². The van der Waals surface area contributed by atoms with Gasteiger partial charge in [0.2, 0.25) is 0 Å². The number of hydrogen-bond donors (Lipinski definition) is 0. The van der Waals surface area contributed by atoms with E-state index in [1.165, 1.54) is 38.9 Å². The van der Waals surface area contributed by atoms with Crippen molar-refractivity contribution in [3.05, 3.63) is 0 Å². The van der Waals surface area contributed by atoms with E-state index in [9.17, 15) is 0 Å². The number of likely N-dealkylation sites (tertiary alicyclic amines) is 1. The lowest BCUT2D eigenvalue weighted by atomic mass is 10.2. The highest BCUT2D eigenvalue weighted by Crippen LogP contribution is 2.25. The van der Waals surface area contributed by atoms with Gasteiger partial charge >= 0.3 is 0 Å². The van der Waals surface area contributed by atoms with E-state index in [0.29, 0.717) is 12.2 Å². The van der Waals surface area contributed by atoms with Gasteiger partial charge in [0.25, 0.3) is 0 Å². The average molecular weight is 185 g/mol. The van der Waals surface area contributed by atoms with Crippen LogP contribution in [0.3, 0.4) is 0 Å². The summed E-state index contributed by atoms with van der Waals surface area (Å²) in [6.07, 6.45) is 5.01. The summed E-state index contributed by atoms with van der Waals surface area (Å²) in [4.78, 5) is 2.55. The Bertz CT molecular complexity index is 126. The van der Waals surface area contributed by atoms with Gasteiger partial charge in [-0.2, -0.15) is 0 Å². The van der Waals surface area contributed by atoms with Crippen LogP contribution in [0.15, 0.2) is 0 Å². The first kappa shape index (κ1) is 11.0. The van der Waals surface area contributed by atoms with E-state index in [2.05, 4.69) is 11.8 Å². The molecular weight excluding hydrogens is 162 g/mol. The van der Waals surface area contributed by atoms with Crippen LogP contribution in [0.4, 0.5) is 0 Å². The molecule has 13 heavy (non-hydrogen) atoms. The normalized spacial score (nSPS) is 32.5. The molecule has 2 aliphatic heterocycles. The van der Waals surface area contributed by atoms with Crippen molar-refractivity contribution in [1.82, 2.24) is 4.90 Å². The van der Waals surface area contributed by atoms with Gasteiger partial charge in [0.05, 0.1) is 12.2 Å². The van der Waals surface area contributed by atoms with Crippen LogP contribution in [0, 0.1) is 0 Å². The maximum atomic E-state index is 5.73. The number of ether oxygens (including phenoxy) is 1. The molecule has 2 nitrogen and oxygen atoms in total. The molecule has 0 aromatic carbocycles. The van der Waals surface area contributed by atoms with Crippen molar-refractivity contribution in [2.24, 2.45) is 0 Å². The van der Waals surface area contributed by atoms with Crippen molar-refractivity contribution in [2.75, 3.05) is 19.6 Å². The summed E-state index contributed by atoms with van der Waals surface area (Å²) in [7, 11) is 0. The van der Waals surface area contributed by atoms with Gasteiger partial charge in [-0.25, -0.2) is 0 Å². The standard InChI is InChI=1S/C9H17NO.C2H6/c1-2-5-10-6-8-3-4-9(7-10)11-8;1-2/h8-9H,2-7H2,1H3;1-2H3. The molecule has 2 heteroatoms. The Morgan fingerprint density at radius 3 is 2.15 bits per heavy atom. The Morgan fingerprint density at radius 2 is 1.69 bits per heavy atom. The molecular formula is C11H23NO. The van der Waals surface area contributed by atoms with E-state index >= 15 is 0 Å². The second-order valence-electron chi connectivity index (χ2n) is 3.72. The van der Waals surface area contributed by atoms with Crippen LogP contribution in [0.2, 0.25) is 0 Å². The third-order valence-electron chi connectivity index (χ3n) is 2.66. The highest BCUT2D eigenvalue weighted by atomic mass is 16.5. The highest BCUT2D eigenvalue weighted by molar-refractivity contribution is 4.84. The molecule has 0 aliphatic carbocycles. The SMILES string of the molecule is CC.CCCN1CC2CCC(C1)O2. The van der Waals surface area contributed by atoms with Crippen LogP contribution >= 0.6 is 0 Å². The third kappa shape index (κ3) is 2.96. The number of fused-ring (bicyclic) bond motifs is 2. The Balaban J connectivity index is 0.000000396. The summed E-state index contributed by atoms with van der Waals surface area (Å²) < 4.78 is 5.73. The van der Waals surface area contributed by atoms with Crippen molar-refractivity contribution >= 4 is 0 Å². The van der Waals surface area contributed by atoms with Gasteiger partial charge in [-0.1, -0.05) is 20.8 Å². The summed E-state index contributed by atoms with van der Waals surface area (Å²) in [5.74, 6) is 0. The van der Waals surface area contributed by atoms with Crippen LogP contribution < -0.4 is 0 Å². The van der Waals surface area contributed by atoms with Gasteiger partial charge in [-0.3, -0.25) is 4.90 Å². The zero-order valence-electron chi connectivity index (χ0n) is 9.25. The maximum Gasteiger partial charge on any atom is 0.0707 e. The summed E-state index contributed by atoms with van der Waals surface area (Å²) in [5.41, 5.74) is 0. The summed E-state index contributed by atoms with van der Waals surface area (Å²) >= 11 is 0. The molecule has 0 aromatic rings. The topological polar surface area (TPSA) is 12.5 Å². The molecule has 78 valence electrons. The monoisotopic (exact) mass is 185 g/mol. The minimum atomic E-state index is 0.570. The minimum Gasteiger partial charge on any atom is -0.372 e. The van der Waals surface area contributed by atoms with E-state index in [-0.39, 0.29) is 0 Å². The van der Waals surface area contributed by atoms with E-state index in [4.69, 9.17) is 4.74 Å². The lowest BCUT2D eigenvalue weighted by Gasteiger charge is -2.31. The molecule has 2 unspecified atom stereocenters. The number of morpholine rings is 1. The predicted octanol–water partition coefficient (Wildman–Crippen LogP) is 2.29. The fourth-order valence-electron chi connectivity index (χ4n) is 2.20. The second kappa shape index (κ2) is 5.61. The zero-order valence-corrected chi connectivity index (χ0v) is 9.25. The lowest BCUT2D eigenvalue weighted by Crippen LogP contribution is -2.42. The number of nitrogens with zero attached hydrogens (tertiary/aromatic N) is 1. The number of rotatable bonds is 2. The average Bonchev–Trinajstić information content (AvgIpc) is 2.50. The van der Waals surface area contributed by atoms with E-state index in [1.807, 2.05) is 13.8 Å². The smallest absolute Gasteiger partial charge is 0.0707 e. The largest absolute Gasteiger partial charge is 0.372 e. The molecule has 2 heterocycles. The van der Waals surface area contributed by atoms with Crippen LogP contribution in [0.5, 0.6) is 0 Å². The molecule has 0 aromatic heterocycles. The molecule has 0 N–H and O–H groups in total. The van der Waals surface area contributed by atoms with Crippen LogP contribution in [0.1, 0.15) is 40.0 Å². The fourth-order valence-corrected chi connectivity index (χ4v) is 2.20. The fraction of sp³-hybridized carbons (Fsp3) is 1.00. The minimum absolute atomic E-state index is 0.570. The Labute approximate surface area is 82.3 Å². The first-order chi connectivity index (χ1) is 6.38. The van der Waals surface area contributed by atoms with E-state index < -0.39 is 0 Å². The van der Waals surface area contributed by atoms with Crippen molar-refractivity contribution in [1.29, 1.82) is 0 Å². The molecule has 2 rings (SSSR count). The molecule has 2 saturated heterocycles. The molecule has 0 amide bonds. The highest BCUT2D eigenvalue weighted by Gasteiger charge is 2.32. The molecule has 0 spiro atoms. The summed E-state index contributed by atoms with van der Waals surface area (Å²) in [6.45, 7) is 9.88. The van der Waals surface area contributed by atoms with E-state index in [0.717, 1.165) is 0 Å². The molecule has 2 atom stereocenters. The zero-order chi connectivity index (χ0) is 9.68. The molecule has 2 fully saturated rings. The first-order valence-corrected chi connectivity index (χ1v) is 5.76. The van der Waals surface area contributed by atoms with Gasteiger partial charge in [-0.15, -0.1) is 0 Å². The Morgan fingerprint density at radius 1 is 1.15 bits per heavy atom. The third-order valence-corrected chi connectivity index (χ3v) is 2.66. The van der Waals surface area contributed by atoms with Crippen molar-refractivity contribution in [2.45, 2.75) is 52.2 Å². The second-order valence-corrected chi connectivity index (χ2v) is 3.72. The van der Waals surface area contributed by atoms with Crippen LogP contribution in [-0.4, -0.2) is 36.7 Å². The lowest BCUT2D eigenvalue weighted by molar-refractivity contribution is -0.0380. The van der Waals surface area contributed by atoms with Crippen molar-refractivity contribution < 1.29 is 4.74 Å². The van der Waals surface area contributed by atoms with Gasteiger partial charge in [0, 0.05) is 13.1 Å². The maximum absolute atomic E-state index is 5.73. The van der Waals surface area contributed by atoms with Crippen molar-refractivity contribution in [3.8, 4) is 0 Å². The quantitative estimate of drug-likeness (QED) is 0.654. The van der Waals surface area contributed by atoms with Gasteiger partial charge < -0.3 is 4.74 Å². The van der Waals surface area contributed by atoms with Gasteiger partial charge in [-0.05, 0) is 25.8 Å². The number of hydrogen-bond acceptors (Lipinski definition) is 2.